The Morgan fingerprint density at radius 3 is 2.54 bits per heavy atom. The number of carbonyl (C=O) groups is 2. The fourth-order valence-electron chi connectivity index (χ4n) is 2.52. The summed E-state index contributed by atoms with van der Waals surface area (Å²) in [5, 5.41) is 5.50. The largest absolute Gasteiger partial charge is 0.493 e. The first-order chi connectivity index (χ1) is 12.5. The average Bonchev–Trinajstić information content (AvgIpc) is 2.66. The maximum atomic E-state index is 12.5. The third kappa shape index (κ3) is 5.20. The van der Waals surface area contributed by atoms with Crippen molar-refractivity contribution >= 4 is 11.8 Å². The summed E-state index contributed by atoms with van der Waals surface area (Å²) in [4.78, 5) is 27.9. The highest BCUT2D eigenvalue weighted by molar-refractivity contribution is 5.87. The Morgan fingerprint density at radius 1 is 1.15 bits per heavy atom. The first-order valence-electron chi connectivity index (χ1n) is 8.20. The number of hydrogen-bond acceptors (Lipinski definition) is 5. The molecule has 0 saturated carbocycles. The van der Waals surface area contributed by atoms with Gasteiger partial charge in [-0.05, 0) is 30.2 Å². The van der Waals surface area contributed by atoms with E-state index in [-0.39, 0.29) is 11.8 Å². The monoisotopic (exact) mass is 357 g/mol. The summed E-state index contributed by atoms with van der Waals surface area (Å²) in [7, 11) is 3.16. The van der Waals surface area contributed by atoms with Crippen molar-refractivity contribution in [2.75, 3.05) is 20.8 Å². The van der Waals surface area contributed by atoms with E-state index >= 15 is 0 Å². The fraction of sp³-hybridized carbons (Fsp3) is 0.316. The Morgan fingerprint density at radius 2 is 1.92 bits per heavy atom. The van der Waals surface area contributed by atoms with Crippen LogP contribution in [0.15, 0.2) is 42.7 Å². The minimum absolute atomic E-state index is 0.283. The molecule has 0 aliphatic carbocycles. The highest BCUT2D eigenvalue weighted by atomic mass is 16.5. The molecule has 26 heavy (non-hydrogen) atoms. The topological polar surface area (TPSA) is 89.6 Å². The first-order valence-corrected chi connectivity index (χ1v) is 8.20. The summed E-state index contributed by atoms with van der Waals surface area (Å²) >= 11 is 0. The Labute approximate surface area is 152 Å². The van der Waals surface area contributed by atoms with Gasteiger partial charge in [-0.15, -0.1) is 0 Å². The van der Waals surface area contributed by atoms with E-state index in [1.807, 2.05) is 18.2 Å². The van der Waals surface area contributed by atoms with E-state index in [9.17, 15) is 9.59 Å². The summed E-state index contributed by atoms with van der Waals surface area (Å²) in [6, 6.07) is 8.32. The lowest BCUT2D eigenvalue weighted by molar-refractivity contribution is -0.128. The molecule has 2 amide bonds. The lowest BCUT2D eigenvalue weighted by Crippen LogP contribution is -2.40. The molecule has 1 unspecified atom stereocenters. The van der Waals surface area contributed by atoms with E-state index < -0.39 is 6.04 Å². The SMILES string of the molecule is COc1ccc(CCNC(=O)C(NC(C)=O)c2cccnc2)cc1OC. The number of hydrogen-bond donors (Lipinski definition) is 2. The smallest absolute Gasteiger partial charge is 0.247 e. The zero-order valence-corrected chi connectivity index (χ0v) is 15.1. The van der Waals surface area contributed by atoms with Gasteiger partial charge in [-0.1, -0.05) is 12.1 Å². The Bertz CT molecular complexity index is 750. The molecule has 0 fully saturated rings. The minimum atomic E-state index is -0.772. The Balaban J connectivity index is 1.98. The van der Waals surface area contributed by atoms with E-state index in [1.54, 1.807) is 38.7 Å². The van der Waals surface area contributed by atoms with Gasteiger partial charge in [0.05, 0.1) is 14.2 Å². The summed E-state index contributed by atoms with van der Waals surface area (Å²) < 4.78 is 10.5. The van der Waals surface area contributed by atoms with Gasteiger partial charge >= 0.3 is 0 Å². The van der Waals surface area contributed by atoms with Gasteiger partial charge in [0.15, 0.2) is 11.5 Å². The van der Waals surface area contributed by atoms with E-state index in [4.69, 9.17) is 9.47 Å². The predicted molar refractivity (Wildman–Crippen MR) is 97.1 cm³/mol. The van der Waals surface area contributed by atoms with Crippen molar-refractivity contribution in [1.82, 2.24) is 15.6 Å². The highest BCUT2D eigenvalue weighted by Gasteiger charge is 2.21. The maximum absolute atomic E-state index is 12.5. The molecule has 7 heteroatoms. The van der Waals surface area contributed by atoms with Gasteiger partial charge in [-0.25, -0.2) is 0 Å². The second-order valence-electron chi connectivity index (χ2n) is 5.65. The molecule has 2 aromatic rings. The van der Waals surface area contributed by atoms with Crippen molar-refractivity contribution in [3.05, 3.63) is 53.9 Å². The number of methoxy groups -OCH3 is 2. The molecule has 0 aliphatic rings. The second kappa shape index (κ2) is 9.41. The fourth-order valence-corrected chi connectivity index (χ4v) is 2.52. The third-order valence-corrected chi connectivity index (χ3v) is 3.79. The molecule has 2 rings (SSSR count). The van der Waals surface area contributed by atoms with Gasteiger partial charge in [-0.2, -0.15) is 0 Å². The van der Waals surface area contributed by atoms with Crippen molar-refractivity contribution in [2.24, 2.45) is 0 Å². The number of pyridine rings is 1. The van der Waals surface area contributed by atoms with Crippen LogP contribution in [0.5, 0.6) is 11.5 Å². The lowest BCUT2D eigenvalue weighted by atomic mass is 10.1. The van der Waals surface area contributed by atoms with Crippen LogP contribution in [0.25, 0.3) is 0 Å². The number of nitrogens with one attached hydrogen (secondary N) is 2. The molecule has 0 radical (unpaired) electrons. The zero-order chi connectivity index (χ0) is 18.9. The van der Waals surface area contributed by atoms with Crippen LogP contribution >= 0.6 is 0 Å². The maximum Gasteiger partial charge on any atom is 0.247 e. The molecule has 7 nitrogen and oxygen atoms in total. The molecule has 0 bridgehead atoms. The Hall–Kier alpha value is -3.09. The number of benzene rings is 1. The van der Waals surface area contributed by atoms with Gasteiger partial charge < -0.3 is 20.1 Å². The number of aromatic nitrogens is 1. The van der Waals surface area contributed by atoms with E-state index in [2.05, 4.69) is 15.6 Å². The van der Waals surface area contributed by atoms with Gasteiger partial charge in [0, 0.05) is 31.4 Å². The van der Waals surface area contributed by atoms with Crippen LogP contribution < -0.4 is 20.1 Å². The molecule has 0 spiro atoms. The molecule has 1 aromatic heterocycles. The molecule has 2 N–H and O–H groups in total. The van der Waals surface area contributed by atoms with Crippen molar-refractivity contribution in [3.8, 4) is 11.5 Å². The number of amides is 2. The molecular weight excluding hydrogens is 334 g/mol. The quantitative estimate of drug-likeness (QED) is 0.750. The molecule has 1 atom stereocenters. The third-order valence-electron chi connectivity index (χ3n) is 3.79. The van der Waals surface area contributed by atoms with E-state index in [1.165, 1.54) is 6.92 Å². The van der Waals surface area contributed by atoms with E-state index in [0.717, 1.165) is 5.56 Å². The van der Waals surface area contributed by atoms with Crippen LogP contribution in [-0.2, 0) is 16.0 Å². The molecule has 138 valence electrons. The molecule has 0 saturated heterocycles. The number of carbonyl (C=O) groups excluding carboxylic acids is 2. The molecule has 0 aliphatic heterocycles. The van der Waals surface area contributed by atoms with Crippen LogP contribution in [0.1, 0.15) is 24.1 Å². The number of rotatable bonds is 8. The average molecular weight is 357 g/mol. The standard InChI is InChI=1S/C19H23N3O4/c1-13(23)22-18(15-5-4-9-20-12-15)19(24)21-10-8-14-6-7-16(25-2)17(11-14)26-3/h4-7,9,11-12,18H,8,10H2,1-3H3,(H,21,24)(H,22,23). The first kappa shape index (κ1) is 19.2. The normalized spacial score (nSPS) is 11.3. The lowest BCUT2D eigenvalue weighted by Gasteiger charge is -2.17. The van der Waals surface area contributed by atoms with Crippen molar-refractivity contribution in [3.63, 3.8) is 0 Å². The molecule has 1 aromatic carbocycles. The second-order valence-corrected chi connectivity index (χ2v) is 5.65. The number of ether oxygens (including phenoxy) is 2. The molecule has 1 heterocycles. The summed E-state index contributed by atoms with van der Waals surface area (Å²) in [5.41, 5.74) is 1.63. The minimum Gasteiger partial charge on any atom is -0.493 e. The van der Waals surface area contributed by atoms with Gasteiger partial charge in [0.2, 0.25) is 11.8 Å². The van der Waals surface area contributed by atoms with Crippen molar-refractivity contribution in [2.45, 2.75) is 19.4 Å². The summed E-state index contributed by atoms with van der Waals surface area (Å²) in [5.74, 6) is 0.730. The zero-order valence-electron chi connectivity index (χ0n) is 15.1. The van der Waals surface area contributed by atoms with Gasteiger partial charge in [0.1, 0.15) is 6.04 Å². The van der Waals surface area contributed by atoms with E-state index in [0.29, 0.717) is 30.0 Å². The van der Waals surface area contributed by atoms with Crippen LogP contribution in [0.4, 0.5) is 0 Å². The number of nitrogens with zero attached hydrogens (tertiary/aromatic N) is 1. The van der Waals surface area contributed by atoms with Gasteiger partial charge in [0.25, 0.3) is 0 Å². The highest BCUT2D eigenvalue weighted by Crippen LogP contribution is 2.27. The summed E-state index contributed by atoms with van der Waals surface area (Å²) in [6.07, 6.45) is 3.80. The van der Waals surface area contributed by atoms with Crippen LogP contribution in [0.3, 0.4) is 0 Å². The van der Waals surface area contributed by atoms with Crippen molar-refractivity contribution < 1.29 is 19.1 Å². The van der Waals surface area contributed by atoms with Gasteiger partial charge in [-0.3, -0.25) is 14.6 Å². The van der Waals surface area contributed by atoms with Crippen molar-refractivity contribution in [1.29, 1.82) is 0 Å². The molecular formula is C19H23N3O4. The van der Waals surface area contributed by atoms with Crippen LogP contribution in [-0.4, -0.2) is 37.6 Å². The Kier molecular flexibility index (Phi) is 6.96. The predicted octanol–water partition coefficient (Wildman–Crippen LogP) is 1.63. The summed E-state index contributed by atoms with van der Waals surface area (Å²) in [6.45, 7) is 1.80. The van der Waals surface area contributed by atoms with Crippen LogP contribution in [0, 0.1) is 0 Å². The van der Waals surface area contributed by atoms with Crippen LogP contribution in [0.2, 0.25) is 0 Å².